The molecule has 4 heteroatoms. The van der Waals surface area contributed by atoms with Crippen LogP contribution in [0.3, 0.4) is 0 Å². The van der Waals surface area contributed by atoms with E-state index in [0.717, 1.165) is 38.2 Å². The lowest BCUT2D eigenvalue weighted by Gasteiger charge is -2.43. The largest absolute Gasteiger partial charge is 0.380 e. The number of aliphatic imine (C=N–C) groups is 1. The zero-order valence-electron chi connectivity index (χ0n) is 13.1. The van der Waals surface area contributed by atoms with Crippen LogP contribution in [0.25, 0.3) is 0 Å². The van der Waals surface area contributed by atoms with Gasteiger partial charge in [0.2, 0.25) is 0 Å². The van der Waals surface area contributed by atoms with Crippen molar-refractivity contribution in [1.82, 2.24) is 10.6 Å². The first-order chi connectivity index (χ1) is 9.12. The first kappa shape index (κ1) is 16.3. The van der Waals surface area contributed by atoms with E-state index in [9.17, 15) is 0 Å². The summed E-state index contributed by atoms with van der Waals surface area (Å²) in [5, 5.41) is 6.77. The molecule has 0 aromatic rings. The first-order valence-electron chi connectivity index (χ1n) is 7.64. The zero-order valence-corrected chi connectivity index (χ0v) is 13.1. The van der Waals surface area contributed by atoms with Crippen molar-refractivity contribution >= 4 is 5.96 Å². The fourth-order valence-corrected chi connectivity index (χ4v) is 2.87. The van der Waals surface area contributed by atoms with Gasteiger partial charge < -0.3 is 15.4 Å². The van der Waals surface area contributed by atoms with Gasteiger partial charge in [-0.05, 0) is 37.5 Å². The normalized spacial score (nSPS) is 18.3. The highest BCUT2D eigenvalue weighted by Gasteiger charge is 2.37. The molecule has 0 radical (unpaired) electrons. The van der Waals surface area contributed by atoms with E-state index in [1.54, 1.807) is 0 Å². The molecule has 0 spiro atoms. The van der Waals surface area contributed by atoms with E-state index >= 15 is 0 Å². The summed E-state index contributed by atoms with van der Waals surface area (Å²) in [6, 6.07) is 0. The first-order valence-corrected chi connectivity index (χ1v) is 7.64. The Morgan fingerprint density at radius 1 is 1.32 bits per heavy atom. The molecule has 0 aliphatic heterocycles. The molecule has 0 unspecified atom stereocenters. The molecule has 0 aromatic carbocycles. The predicted molar refractivity (Wildman–Crippen MR) is 81.6 cm³/mol. The van der Waals surface area contributed by atoms with Crippen molar-refractivity contribution in [2.24, 2.45) is 16.3 Å². The van der Waals surface area contributed by atoms with Crippen molar-refractivity contribution in [2.45, 2.75) is 46.5 Å². The number of ether oxygens (including phenoxy) is 1. The van der Waals surface area contributed by atoms with E-state index in [-0.39, 0.29) is 0 Å². The van der Waals surface area contributed by atoms with Gasteiger partial charge in [-0.15, -0.1) is 0 Å². The van der Waals surface area contributed by atoms with Crippen molar-refractivity contribution < 1.29 is 4.74 Å². The van der Waals surface area contributed by atoms with Crippen LogP contribution in [0.2, 0.25) is 0 Å². The van der Waals surface area contributed by atoms with Gasteiger partial charge in [0, 0.05) is 26.7 Å². The third kappa shape index (κ3) is 5.81. The van der Waals surface area contributed by atoms with Crippen molar-refractivity contribution in [3.8, 4) is 0 Å². The van der Waals surface area contributed by atoms with Crippen molar-refractivity contribution in [2.75, 3.05) is 33.4 Å². The summed E-state index contributed by atoms with van der Waals surface area (Å²) >= 11 is 0. The minimum atomic E-state index is 0.506. The number of hydrogen-bond donors (Lipinski definition) is 2. The molecular weight excluding hydrogens is 238 g/mol. The molecule has 0 heterocycles. The van der Waals surface area contributed by atoms with Crippen LogP contribution < -0.4 is 10.6 Å². The molecule has 2 N–H and O–H groups in total. The van der Waals surface area contributed by atoms with Crippen LogP contribution in [-0.4, -0.2) is 39.3 Å². The Morgan fingerprint density at radius 2 is 2.05 bits per heavy atom. The third-order valence-corrected chi connectivity index (χ3v) is 3.85. The van der Waals surface area contributed by atoms with Gasteiger partial charge >= 0.3 is 0 Å². The van der Waals surface area contributed by atoms with Crippen molar-refractivity contribution in [3.05, 3.63) is 0 Å². The minimum absolute atomic E-state index is 0.506. The summed E-state index contributed by atoms with van der Waals surface area (Å²) in [5.41, 5.74) is 0.506. The van der Waals surface area contributed by atoms with Crippen molar-refractivity contribution in [3.63, 3.8) is 0 Å². The Hall–Kier alpha value is -0.770. The van der Waals surface area contributed by atoms with E-state index in [1.165, 1.54) is 25.7 Å². The number of nitrogens with one attached hydrogen (secondary N) is 2. The monoisotopic (exact) mass is 269 g/mol. The van der Waals surface area contributed by atoms with Gasteiger partial charge in [-0.2, -0.15) is 0 Å². The lowest BCUT2D eigenvalue weighted by Crippen LogP contribution is -2.47. The molecule has 0 bridgehead atoms. The predicted octanol–water partition coefficient (Wildman–Crippen LogP) is 2.40. The SMILES string of the molecule is CCOCCNC(=NC)NCC1(CC(C)C)CCC1. The van der Waals surface area contributed by atoms with Gasteiger partial charge in [0.1, 0.15) is 0 Å². The summed E-state index contributed by atoms with van der Waals surface area (Å²) in [4.78, 5) is 4.27. The average Bonchev–Trinajstić information content (AvgIpc) is 2.34. The molecule has 112 valence electrons. The van der Waals surface area contributed by atoms with E-state index in [4.69, 9.17) is 4.74 Å². The number of nitrogens with zero attached hydrogens (tertiary/aromatic N) is 1. The number of hydrogen-bond acceptors (Lipinski definition) is 2. The summed E-state index contributed by atoms with van der Waals surface area (Å²) in [7, 11) is 1.83. The van der Waals surface area contributed by atoms with Gasteiger partial charge in [0.05, 0.1) is 6.61 Å². The molecule has 1 aliphatic rings. The Bertz CT molecular complexity index is 273. The van der Waals surface area contributed by atoms with Gasteiger partial charge in [-0.25, -0.2) is 0 Å². The topological polar surface area (TPSA) is 45.6 Å². The van der Waals surface area contributed by atoms with E-state index in [1.807, 2.05) is 14.0 Å². The molecule has 4 nitrogen and oxygen atoms in total. The Balaban J connectivity index is 2.27. The molecular formula is C15H31N3O. The highest BCUT2D eigenvalue weighted by atomic mass is 16.5. The van der Waals surface area contributed by atoms with E-state index < -0.39 is 0 Å². The third-order valence-electron chi connectivity index (χ3n) is 3.85. The van der Waals surface area contributed by atoms with Gasteiger partial charge in [0.25, 0.3) is 0 Å². The Kier molecular flexibility index (Phi) is 7.21. The van der Waals surface area contributed by atoms with Crippen molar-refractivity contribution in [1.29, 1.82) is 0 Å². The summed E-state index contributed by atoms with van der Waals surface area (Å²) in [6.07, 6.45) is 5.41. The standard InChI is InChI=1S/C15H31N3O/c1-5-19-10-9-17-14(16-4)18-12-15(7-6-8-15)11-13(2)3/h13H,5-12H2,1-4H3,(H2,16,17,18). The molecule has 0 atom stereocenters. The lowest BCUT2D eigenvalue weighted by molar-refractivity contribution is 0.104. The summed E-state index contributed by atoms with van der Waals surface area (Å²) in [5.74, 6) is 1.67. The van der Waals surface area contributed by atoms with Crippen LogP contribution in [0.4, 0.5) is 0 Å². The van der Waals surface area contributed by atoms with Crippen LogP contribution >= 0.6 is 0 Å². The van der Waals surface area contributed by atoms with E-state index in [2.05, 4.69) is 29.5 Å². The van der Waals surface area contributed by atoms with Crippen LogP contribution in [0.15, 0.2) is 4.99 Å². The van der Waals surface area contributed by atoms with Gasteiger partial charge in [0.15, 0.2) is 5.96 Å². The van der Waals surface area contributed by atoms with Crippen LogP contribution in [-0.2, 0) is 4.74 Å². The smallest absolute Gasteiger partial charge is 0.191 e. The maximum Gasteiger partial charge on any atom is 0.191 e. The lowest BCUT2D eigenvalue weighted by atomic mass is 9.64. The highest BCUT2D eigenvalue weighted by Crippen LogP contribution is 2.45. The summed E-state index contributed by atoms with van der Waals surface area (Å²) < 4.78 is 5.31. The molecule has 0 amide bonds. The Labute approximate surface area is 118 Å². The summed E-state index contributed by atoms with van der Waals surface area (Å²) in [6.45, 7) is 9.99. The average molecular weight is 269 g/mol. The molecule has 1 aliphatic carbocycles. The van der Waals surface area contributed by atoms with Gasteiger partial charge in [-0.3, -0.25) is 4.99 Å². The zero-order chi connectivity index (χ0) is 14.1. The second-order valence-corrected chi connectivity index (χ2v) is 6.00. The molecule has 1 rings (SSSR count). The van der Waals surface area contributed by atoms with E-state index in [0.29, 0.717) is 5.41 Å². The Morgan fingerprint density at radius 3 is 2.53 bits per heavy atom. The molecule has 1 fully saturated rings. The van der Waals surface area contributed by atoms with Crippen LogP contribution in [0, 0.1) is 11.3 Å². The van der Waals surface area contributed by atoms with Gasteiger partial charge in [-0.1, -0.05) is 20.3 Å². The molecule has 19 heavy (non-hydrogen) atoms. The second kappa shape index (κ2) is 8.41. The molecule has 0 aromatic heterocycles. The van der Waals surface area contributed by atoms with Crippen LogP contribution in [0.1, 0.15) is 46.5 Å². The molecule has 0 saturated heterocycles. The maximum atomic E-state index is 5.31. The second-order valence-electron chi connectivity index (χ2n) is 6.00. The fourth-order valence-electron chi connectivity index (χ4n) is 2.87. The quantitative estimate of drug-likeness (QED) is 0.404. The highest BCUT2D eigenvalue weighted by molar-refractivity contribution is 5.79. The number of guanidine groups is 1. The minimum Gasteiger partial charge on any atom is -0.380 e. The molecule has 1 saturated carbocycles. The maximum absolute atomic E-state index is 5.31. The number of rotatable bonds is 8. The fraction of sp³-hybridized carbons (Fsp3) is 0.933. The van der Waals surface area contributed by atoms with Crippen LogP contribution in [0.5, 0.6) is 0 Å².